The average molecular weight is 663 g/mol. The first-order valence-corrected chi connectivity index (χ1v) is 20.3. The van der Waals surface area contributed by atoms with Gasteiger partial charge in [-0.15, -0.1) is 0 Å². The fourth-order valence-corrected chi connectivity index (χ4v) is 5.67. The van der Waals surface area contributed by atoms with Crippen LogP contribution >= 0.6 is 0 Å². The van der Waals surface area contributed by atoms with Crippen molar-refractivity contribution < 1.29 is 61.2 Å². The molecule has 0 fully saturated rings. The summed E-state index contributed by atoms with van der Waals surface area (Å²) in [7, 11) is 0. The predicted molar refractivity (Wildman–Crippen MR) is 199 cm³/mol. The summed E-state index contributed by atoms with van der Waals surface area (Å²) in [5.74, 6) is 0. The van der Waals surface area contributed by atoms with Gasteiger partial charge in [0.05, 0.1) is 12.7 Å². The van der Waals surface area contributed by atoms with Crippen LogP contribution in [0.15, 0.2) is 0 Å². The van der Waals surface area contributed by atoms with Gasteiger partial charge in [-0.1, -0.05) is 181 Å². The third-order valence-electron chi connectivity index (χ3n) is 8.75. The van der Waals surface area contributed by atoms with Gasteiger partial charge in [0.1, 0.15) is 0 Å². The van der Waals surface area contributed by atoms with Crippen molar-refractivity contribution in [2.75, 3.05) is 19.7 Å². The first-order chi connectivity index (χ1) is 21.8. The average Bonchev–Trinajstić information content (AvgIpc) is 3.04. The summed E-state index contributed by atoms with van der Waals surface area (Å²) in [5, 5.41) is 3.54. The molecule has 0 aromatic rings. The Balaban J connectivity index is -0.00000124. The fraction of sp³-hybridized carbons (Fsp3) is 0.951. The zero-order valence-electron chi connectivity index (χ0n) is 32.1. The molecule has 0 aromatic carbocycles. The van der Waals surface area contributed by atoms with Crippen LogP contribution in [0.5, 0.6) is 0 Å². The molecule has 0 aliphatic carbocycles. The molecular weight excluding hydrogens is 578 g/mol. The molecule has 0 bridgehead atoms. The first-order valence-electron chi connectivity index (χ1n) is 20.3. The smallest absolute Gasteiger partial charge is 0.343 e. The van der Waals surface area contributed by atoms with Crippen LogP contribution in [0.3, 0.4) is 0 Å². The molecule has 268 valence electrons. The molecular formula is C41H85KNO2-. The van der Waals surface area contributed by atoms with E-state index in [1.807, 2.05) is 0 Å². The van der Waals surface area contributed by atoms with E-state index in [0.29, 0.717) is 6.10 Å². The van der Waals surface area contributed by atoms with Crippen molar-refractivity contribution in [2.45, 2.75) is 232 Å². The van der Waals surface area contributed by atoms with Crippen molar-refractivity contribution in [1.29, 1.82) is 0 Å². The minimum atomic E-state index is 0. The van der Waals surface area contributed by atoms with E-state index in [9.17, 15) is 0 Å². The Morgan fingerprint density at radius 1 is 0.422 bits per heavy atom. The van der Waals surface area contributed by atoms with Crippen LogP contribution in [0.2, 0.25) is 0 Å². The van der Waals surface area contributed by atoms with Crippen LogP contribution in [0.25, 0.3) is 0 Å². The largest absolute Gasteiger partial charge is 1.00 e. The van der Waals surface area contributed by atoms with Gasteiger partial charge in [0.25, 0.3) is 0 Å². The molecule has 0 spiro atoms. The molecule has 0 saturated carbocycles. The zero-order chi connectivity index (χ0) is 32.4. The number of hydrogen-bond donors (Lipinski definition) is 1. The van der Waals surface area contributed by atoms with Gasteiger partial charge >= 0.3 is 51.4 Å². The molecule has 0 atom stereocenters. The van der Waals surface area contributed by atoms with Gasteiger partial charge in [-0.2, -0.15) is 12.8 Å². The molecule has 0 aromatic heterocycles. The van der Waals surface area contributed by atoms with Gasteiger partial charge in [-0.3, -0.25) is 0 Å². The number of rotatable bonds is 37. The summed E-state index contributed by atoms with van der Waals surface area (Å²) in [5.41, 5.74) is 0. The number of unbranched alkanes of at least 4 members (excludes halogenated alkanes) is 25. The van der Waals surface area contributed by atoms with E-state index in [-0.39, 0.29) is 51.4 Å². The van der Waals surface area contributed by atoms with Gasteiger partial charge in [0.2, 0.25) is 0 Å². The number of hydrogen-bond acceptors (Lipinski definition) is 3. The van der Waals surface area contributed by atoms with Crippen LogP contribution in [0.1, 0.15) is 226 Å². The minimum Gasteiger partial charge on any atom is -0.343 e. The van der Waals surface area contributed by atoms with E-state index in [1.165, 1.54) is 193 Å². The molecule has 0 saturated heterocycles. The Morgan fingerprint density at radius 3 is 1.20 bits per heavy atom. The summed E-state index contributed by atoms with van der Waals surface area (Å²) in [4.78, 5) is 11.5. The van der Waals surface area contributed by atoms with E-state index < -0.39 is 0 Å². The quantitative estimate of drug-likeness (QED) is 0.0236. The van der Waals surface area contributed by atoms with Crippen LogP contribution in [0.4, 0.5) is 0 Å². The van der Waals surface area contributed by atoms with E-state index in [0.717, 1.165) is 32.4 Å². The molecule has 0 amide bonds. The maximum Gasteiger partial charge on any atom is 1.00 e. The van der Waals surface area contributed by atoms with Crippen molar-refractivity contribution in [3.8, 4) is 0 Å². The van der Waals surface area contributed by atoms with Crippen molar-refractivity contribution in [3.63, 3.8) is 0 Å². The zero-order valence-corrected chi connectivity index (χ0v) is 35.2. The van der Waals surface area contributed by atoms with E-state index >= 15 is 0 Å². The maximum absolute atomic E-state index is 5.89. The minimum absolute atomic E-state index is 0. The van der Waals surface area contributed by atoms with Crippen molar-refractivity contribution >= 4 is 0 Å². The molecule has 0 radical (unpaired) electrons. The van der Waals surface area contributed by atoms with E-state index in [2.05, 4.69) is 39.9 Å². The second-order valence-corrected chi connectivity index (χ2v) is 13.4. The Kier molecular flexibility index (Phi) is 56.4. The van der Waals surface area contributed by atoms with E-state index in [1.54, 1.807) is 0 Å². The molecule has 0 unspecified atom stereocenters. The van der Waals surface area contributed by atoms with Crippen LogP contribution in [-0.4, -0.2) is 25.8 Å². The second-order valence-electron chi connectivity index (χ2n) is 13.4. The van der Waals surface area contributed by atoms with Gasteiger partial charge in [0, 0.05) is 0 Å². The molecule has 4 heteroatoms. The second kappa shape index (κ2) is 49.9. The van der Waals surface area contributed by atoms with Gasteiger partial charge in [0.15, 0.2) is 0 Å². The molecule has 45 heavy (non-hydrogen) atoms. The molecule has 0 rings (SSSR count). The third kappa shape index (κ3) is 50.0. The van der Waals surface area contributed by atoms with Crippen LogP contribution in [0, 0.1) is 13.8 Å². The molecule has 0 aliphatic heterocycles. The Labute approximate surface area is 329 Å². The Morgan fingerprint density at radius 2 is 0.756 bits per heavy atom. The molecule has 0 aliphatic rings. The molecule has 0 heterocycles. The Bertz CT molecular complexity index is 441. The van der Waals surface area contributed by atoms with Gasteiger partial charge < -0.3 is 19.2 Å². The molecule has 1 N–H and O–H groups in total. The summed E-state index contributed by atoms with van der Waals surface area (Å²) < 4.78 is 0. The summed E-state index contributed by atoms with van der Waals surface area (Å²) in [6.45, 7) is 17.7. The van der Waals surface area contributed by atoms with E-state index in [4.69, 9.17) is 9.78 Å². The third-order valence-corrected chi connectivity index (χ3v) is 8.75. The van der Waals surface area contributed by atoms with Gasteiger partial charge in [-0.25, -0.2) is 9.78 Å². The monoisotopic (exact) mass is 663 g/mol. The van der Waals surface area contributed by atoms with Crippen molar-refractivity contribution in [2.24, 2.45) is 0 Å². The standard InChI is InChI=1S/C30H62NO2.C11H23.K/c1-4-7-10-12-16-20-25-30(26-21-17-13-11-8-5-2)33-32-29-24-19-15-14-18-23-28-31-27-22-9-6-3;1-3-5-7-9-11-10-8-6-4-2;/h30-31H,3-29H2,1-2H3;1,3-11H2,2H3;/q2*-1;+1. The first kappa shape index (κ1) is 50.9. The number of nitrogens with one attached hydrogen (secondary N) is 1. The SMILES string of the molecule is [CH2-]CCCCCCCCCC.[CH2-]CCCCNCCCCCCCCOOC(CCCCCCCC)CCCCCCCC.[K+]. The Hall–Kier alpha value is 1.52. The van der Waals surface area contributed by atoms with Gasteiger partial charge in [-0.05, 0) is 45.2 Å². The fourth-order valence-electron chi connectivity index (χ4n) is 5.67. The van der Waals surface area contributed by atoms with Crippen LogP contribution in [-0.2, 0) is 9.78 Å². The van der Waals surface area contributed by atoms with Crippen LogP contribution < -0.4 is 56.7 Å². The predicted octanol–water partition coefficient (Wildman–Crippen LogP) is 11.1. The summed E-state index contributed by atoms with van der Waals surface area (Å²) in [6, 6.07) is 0. The van der Waals surface area contributed by atoms with Crippen molar-refractivity contribution in [1.82, 2.24) is 5.32 Å². The maximum atomic E-state index is 5.89. The topological polar surface area (TPSA) is 30.5 Å². The normalized spacial score (nSPS) is 11.1. The molecule has 3 nitrogen and oxygen atoms in total. The summed E-state index contributed by atoms with van der Waals surface area (Å²) >= 11 is 0. The summed E-state index contributed by atoms with van der Waals surface area (Å²) in [6.07, 6.45) is 42.6. The van der Waals surface area contributed by atoms with Crippen molar-refractivity contribution in [3.05, 3.63) is 13.8 Å².